The third-order valence-corrected chi connectivity index (χ3v) is 0.556. The minimum absolute atomic E-state index is 0. The Hall–Kier alpha value is 0.974. The summed E-state index contributed by atoms with van der Waals surface area (Å²) >= 11 is 3.38. The predicted octanol–water partition coefficient (Wildman–Crippen LogP) is 3.38. The number of rotatable bonds is 0. The van der Waals surface area contributed by atoms with E-state index in [4.69, 9.17) is 0 Å². The summed E-state index contributed by atoms with van der Waals surface area (Å²) in [4.78, 5) is 9.42. The number of halogens is 2. The quantitative estimate of drug-likeness (QED) is 0.280. The SMILES string of the molecule is O=C(I)I.[Ni].c1cc[cH-]c1. The molecule has 0 amide bonds. The zero-order valence-electron chi connectivity index (χ0n) is 4.87. The maximum absolute atomic E-state index is 9.42. The van der Waals surface area contributed by atoms with Gasteiger partial charge in [-0.25, -0.2) is 12.1 Å². The van der Waals surface area contributed by atoms with E-state index in [2.05, 4.69) is 0 Å². The van der Waals surface area contributed by atoms with Crippen LogP contribution < -0.4 is 0 Å². The average Bonchev–Trinajstić information content (AvgIpc) is 2.11. The summed E-state index contributed by atoms with van der Waals surface area (Å²) in [7, 11) is 0. The van der Waals surface area contributed by atoms with E-state index < -0.39 is 0 Å². The van der Waals surface area contributed by atoms with Gasteiger partial charge in [0.15, 0.2) is 0 Å². The van der Waals surface area contributed by atoms with Gasteiger partial charge < -0.3 is 0 Å². The van der Waals surface area contributed by atoms with Crippen LogP contribution in [0.5, 0.6) is 0 Å². The van der Waals surface area contributed by atoms with Crippen LogP contribution in [0.15, 0.2) is 30.3 Å². The van der Waals surface area contributed by atoms with E-state index in [1.54, 1.807) is 45.2 Å². The van der Waals surface area contributed by atoms with Gasteiger partial charge in [-0.05, 0) is 0 Å². The monoisotopic (exact) mass is 405 g/mol. The fraction of sp³-hybridized carbons (Fsp3) is 0. The number of hydrogen-bond acceptors (Lipinski definition) is 1. The van der Waals surface area contributed by atoms with Crippen LogP contribution in [-0.4, -0.2) is 1.80 Å². The molecule has 0 radical (unpaired) electrons. The van der Waals surface area contributed by atoms with Gasteiger partial charge in [0.1, 0.15) is 0 Å². The molecule has 1 rings (SSSR count). The van der Waals surface area contributed by atoms with Crippen LogP contribution in [0.2, 0.25) is 0 Å². The number of hydrogen-bond donors (Lipinski definition) is 0. The zero-order valence-corrected chi connectivity index (χ0v) is 10.2. The summed E-state index contributed by atoms with van der Waals surface area (Å²) in [5.74, 6) is 0. The van der Waals surface area contributed by atoms with Crippen molar-refractivity contribution in [3.63, 3.8) is 0 Å². The molecule has 1 aromatic rings. The largest absolute Gasteiger partial charge is 0.276 e. The molecule has 0 heterocycles. The fourth-order valence-corrected chi connectivity index (χ4v) is 0.321. The molecule has 60 valence electrons. The molecule has 1 aromatic carbocycles. The molecule has 0 N–H and O–H groups in total. The molecule has 0 unspecified atom stereocenters. The topological polar surface area (TPSA) is 17.1 Å². The Morgan fingerprint density at radius 3 is 1.60 bits per heavy atom. The Labute approximate surface area is 97.5 Å². The van der Waals surface area contributed by atoms with Gasteiger partial charge in [0.2, 0.25) is 0 Å². The second kappa shape index (κ2) is 9.97. The van der Waals surface area contributed by atoms with Gasteiger partial charge in [0.05, 0.1) is 0 Å². The van der Waals surface area contributed by atoms with Crippen molar-refractivity contribution in [2.75, 3.05) is 0 Å². The summed E-state index contributed by atoms with van der Waals surface area (Å²) in [5.41, 5.74) is 0. The average molecular weight is 406 g/mol. The van der Waals surface area contributed by atoms with Crippen molar-refractivity contribution >= 4 is 47.0 Å². The molecular weight excluding hydrogens is 401 g/mol. The van der Waals surface area contributed by atoms with Crippen molar-refractivity contribution in [1.29, 1.82) is 0 Å². The van der Waals surface area contributed by atoms with E-state index in [0.29, 0.717) is 0 Å². The molecule has 0 aliphatic rings. The summed E-state index contributed by atoms with van der Waals surface area (Å²) in [6.45, 7) is 0. The summed E-state index contributed by atoms with van der Waals surface area (Å²) < 4.78 is 0.107. The van der Waals surface area contributed by atoms with Crippen molar-refractivity contribution in [3.8, 4) is 0 Å². The molecule has 0 aliphatic heterocycles. The normalized spacial score (nSPS) is 6.60. The van der Waals surface area contributed by atoms with Gasteiger partial charge in [0, 0.05) is 61.7 Å². The first-order valence-corrected chi connectivity index (χ1v) is 4.41. The van der Waals surface area contributed by atoms with E-state index in [0.717, 1.165) is 0 Å². The molecule has 0 bridgehead atoms. The van der Waals surface area contributed by atoms with Crippen molar-refractivity contribution in [2.45, 2.75) is 0 Å². The standard InChI is InChI=1S/C5H5.CI2O.Ni/c1-2-4-5-3-1;2-1(3)4;/h1-5H;;/q-1;;. The molecule has 0 saturated carbocycles. The first-order valence-electron chi connectivity index (χ1n) is 2.25. The maximum atomic E-state index is 9.42. The van der Waals surface area contributed by atoms with Gasteiger partial charge in [-0.2, -0.15) is 18.2 Å². The second-order valence-corrected chi connectivity index (χ2v) is 5.21. The Bertz CT molecular complexity index is 130. The van der Waals surface area contributed by atoms with Crippen molar-refractivity contribution in [1.82, 2.24) is 0 Å². The van der Waals surface area contributed by atoms with Gasteiger partial charge in [0.25, 0.3) is 1.80 Å². The van der Waals surface area contributed by atoms with Crippen molar-refractivity contribution in [2.24, 2.45) is 0 Å². The summed E-state index contributed by atoms with van der Waals surface area (Å²) in [6.07, 6.45) is 0. The van der Waals surface area contributed by atoms with Gasteiger partial charge in [-0.1, -0.05) is 0 Å². The van der Waals surface area contributed by atoms with Crippen LogP contribution in [0.1, 0.15) is 0 Å². The molecule has 4 heteroatoms. The van der Waals surface area contributed by atoms with Gasteiger partial charge in [-0.15, -0.1) is 0 Å². The van der Waals surface area contributed by atoms with Crippen LogP contribution in [0.4, 0.5) is 4.79 Å². The number of carbonyl (C=O) groups excluding carboxylic acids is 1. The second-order valence-electron chi connectivity index (χ2n) is 1.19. The molecule has 1 nitrogen and oxygen atoms in total. The van der Waals surface area contributed by atoms with Crippen LogP contribution >= 0.6 is 45.2 Å². The molecule has 0 aliphatic carbocycles. The van der Waals surface area contributed by atoms with E-state index in [9.17, 15) is 4.79 Å². The minimum Gasteiger partial charge on any atom is -0.276 e. The Balaban J connectivity index is 0. The Morgan fingerprint density at radius 2 is 1.50 bits per heavy atom. The van der Waals surface area contributed by atoms with Crippen molar-refractivity contribution < 1.29 is 21.3 Å². The predicted molar refractivity (Wildman–Crippen MR) is 55.5 cm³/mol. The number of carbonyl (C=O) groups is 1. The van der Waals surface area contributed by atoms with E-state index in [1.807, 2.05) is 30.3 Å². The maximum Gasteiger partial charge on any atom is 0.251 e. The molecule has 0 atom stereocenters. The van der Waals surface area contributed by atoms with Gasteiger partial charge in [-0.3, -0.25) is 4.79 Å². The van der Waals surface area contributed by atoms with Crippen LogP contribution in [-0.2, 0) is 16.5 Å². The molecule has 10 heavy (non-hydrogen) atoms. The fourth-order valence-electron chi connectivity index (χ4n) is 0.321. The molecule has 0 aromatic heterocycles. The van der Waals surface area contributed by atoms with Crippen LogP contribution in [0.25, 0.3) is 0 Å². The Kier molecular flexibility index (Phi) is 13.5. The third kappa shape index (κ3) is 16.0. The van der Waals surface area contributed by atoms with E-state index >= 15 is 0 Å². The van der Waals surface area contributed by atoms with Crippen LogP contribution in [0.3, 0.4) is 0 Å². The Morgan fingerprint density at radius 1 is 1.20 bits per heavy atom. The zero-order chi connectivity index (χ0) is 7.11. The molecule has 0 saturated heterocycles. The minimum atomic E-state index is 0. The first-order chi connectivity index (χ1) is 4.23. The first kappa shape index (κ1) is 13.6. The third-order valence-electron chi connectivity index (χ3n) is 0.556. The summed E-state index contributed by atoms with van der Waals surface area (Å²) in [5, 5.41) is 0. The van der Waals surface area contributed by atoms with E-state index in [1.165, 1.54) is 0 Å². The molecule has 0 fully saturated rings. The molecule has 0 spiro atoms. The smallest absolute Gasteiger partial charge is 0.251 e. The van der Waals surface area contributed by atoms with Crippen LogP contribution in [0, 0.1) is 0 Å². The summed E-state index contributed by atoms with van der Waals surface area (Å²) in [6, 6.07) is 10.0. The van der Waals surface area contributed by atoms with E-state index in [-0.39, 0.29) is 18.3 Å². The van der Waals surface area contributed by atoms with Crippen molar-refractivity contribution in [3.05, 3.63) is 30.3 Å². The molecular formula is C6H5I2NiO-. The van der Waals surface area contributed by atoms with Gasteiger partial charge >= 0.3 is 0 Å².